The fraction of sp³-hybridized carbons (Fsp3) is 0.438. The lowest BCUT2D eigenvalue weighted by molar-refractivity contribution is -0.0447. The van der Waals surface area contributed by atoms with Gasteiger partial charge in [-0.25, -0.2) is 0 Å². The van der Waals surface area contributed by atoms with Gasteiger partial charge < -0.3 is 19.8 Å². The van der Waals surface area contributed by atoms with Gasteiger partial charge in [-0.05, 0) is 24.6 Å². The van der Waals surface area contributed by atoms with Crippen LogP contribution in [0.4, 0.5) is 0 Å². The normalized spacial score (nSPS) is 18.0. The number of amides is 1. The number of rotatable bonds is 2. The third-order valence-electron chi connectivity index (χ3n) is 3.34. The van der Waals surface area contributed by atoms with Crippen LogP contribution in [0.15, 0.2) is 18.2 Å². The molecule has 21 heavy (non-hydrogen) atoms. The Labute approximate surface area is 124 Å². The lowest BCUT2D eigenvalue weighted by Gasteiger charge is -2.32. The topological polar surface area (TPSA) is 70.0 Å². The minimum absolute atomic E-state index is 0.102. The Morgan fingerprint density at radius 1 is 1.48 bits per heavy atom. The standard InChI is InChI=1S/C16H19NO4/c1-12-4-5-15(13(9-12)3-2-7-18)16(20)17-6-8-21-14(10-17)11-19/h4-5,9,14,18-19H,6-8,10-11H2,1H3. The van der Waals surface area contributed by atoms with Crippen molar-refractivity contribution in [2.45, 2.75) is 13.0 Å². The Hall–Kier alpha value is -1.87. The molecule has 1 unspecified atom stereocenters. The number of aliphatic hydroxyl groups is 2. The first kappa shape index (κ1) is 15.5. The van der Waals surface area contributed by atoms with Crippen LogP contribution in [-0.2, 0) is 4.74 Å². The zero-order valence-corrected chi connectivity index (χ0v) is 12.0. The lowest BCUT2D eigenvalue weighted by atomic mass is 10.0. The number of morpholine rings is 1. The largest absolute Gasteiger partial charge is 0.394 e. The zero-order chi connectivity index (χ0) is 15.2. The first-order valence-corrected chi connectivity index (χ1v) is 6.88. The minimum atomic E-state index is -0.333. The van der Waals surface area contributed by atoms with Crippen LogP contribution in [0, 0.1) is 18.8 Å². The van der Waals surface area contributed by atoms with E-state index in [1.54, 1.807) is 11.0 Å². The van der Waals surface area contributed by atoms with E-state index in [9.17, 15) is 4.79 Å². The fourth-order valence-corrected chi connectivity index (χ4v) is 2.27. The van der Waals surface area contributed by atoms with Gasteiger partial charge in [-0.2, -0.15) is 0 Å². The molecule has 1 heterocycles. The van der Waals surface area contributed by atoms with E-state index in [4.69, 9.17) is 14.9 Å². The van der Waals surface area contributed by atoms with Gasteiger partial charge in [-0.15, -0.1) is 0 Å². The second-order valence-corrected chi connectivity index (χ2v) is 4.94. The average molecular weight is 289 g/mol. The molecule has 0 aliphatic carbocycles. The van der Waals surface area contributed by atoms with E-state index in [2.05, 4.69) is 11.8 Å². The summed E-state index contributed by atoms with van der Waals surface area (Å²) in [6, 6.07) is 5.45. The molecule has 5 heteroatoms. The van der Waals surface area contributed by atoms with Crippen molar-refractivity contribution in [3.63, 3.8) is 0 Å². The molecular formula is C16H19NO4. The monoisotopic (exact) mass is 289 g/mol. The van der Waals surface area contributed by atoms with Crippen LogP contribution in [0.1, 0.15) is 21.5 Å². The average Bonchev–Trinajstić information content (AvgIpc) is 2.52. The quantitative estimate of drug-likeness (QED) is 0.762. The van der Waals surface area contributed by atoms with Gasteiger partial charge in [0.2, 0.25) is 0 Å². The summed E-state index contributed by atoms with van der Waals surface area (Å²) in [5, 5.41) is 18.0. The van der Waals surface area contributed by atoms with Crippen LogP contribution in [0.3, 0.4) is 0 Å². The summed E-state index contributed by atoms with van der Waals surface area (Å²) in [4.78, 5) is 14.3. The first-order valence-electron chi connectivity index (χ1n) is 6.88. The highest BCUT2D eigenvalue weighted by Crippen LogP contribution is 2.16. The van der Waals surface area contributed by atoms with Gasteiger partial charge in [0.05, 0.1) is 24.9 Å². The zero-order valence-electron chi connectivity index (χ0n) is 12.0. The van der Waals surface area contributed by atoms with Gasteiger partial charge in [0, 0.05) is 18.7 Å². The number of aryl methyl sites for hydroxylation is 1. The Morgan fingerprint density at radius 3 is 3.00 bits per heavy atom. The van der Waals surface area contributed by atoms with Crippen LogP contribution in [0.2, 0.25) is 0 Å². The number of ether oxygens (including phenoxy) is 1. The molecule has 2 rings (SSSR count). The van der Waals surface area contributed by atoms with Crippen molar-refractivity contribution in [1.29, 1.82) is 0 Å². The van der Waals surface area contributed by atoms with Crippen molar-refractivity contribution in [2.75, 3.05) is 32.9 Å². The van der Waals surface area contributed by atoms with Crippen molar-refractivity contribution in [2.24, 2.45) is 0 Å². The molecule has 0 aromatic heterocycles. The summed E-state index contributed by atoms with van der Waals surface area (Å²) in [5.41, 5.74) is 2.13. The summed E-state index contributed by atoms with van der Waals surface area (Å²) < 4.78 is 5.35. The van der Waals surface area contributed by atoms with E-state index in [1.807, 2.05) is 19.1 Å². The highest BCUT2D eigenvalue weighted by Gasteiger charge is 2.25. The van der Waals surface area contributed by atoms with E-state index in [0.29, 0.717) is 30.8 Å². The minimum Gasteiger partial charge on any atom is -0.394 e. The van der Waals surface area contributed by atoms with Crippen LogP contribution in [0.5, 0.6) is 0 Å². The summed E-state index contributed by atoms with van der Waals surface area (Å²) in [6.07, 6.45) is -0.333. The summed E-state index contributed by atoms with van der Waals surface area (Å²) in [7, 11) is 0. The van der Waals surface area contributed by atoms with Crippen molar-refractivity contribution in [3.05, 3.63) is 34.9 Å². The smallest absolute Gasteiger partial charge is 0.255 e. The Kier molecular flexibility index (Phi) is 5.34. The van der Waals surface area contributed by atoms with E-state index in [-0.39, 0.29) is 25.2 Å². The highest BCUT2D eigenvalue weighted by molar-refractivity contribution is 5.97. The maximum atomic E-state index is 12.6. The number of aliphatic hydroxyl groups excluding tert-OH is 2. The number of carbonyl (C=O) groups excluding carboxylic acids is 1. The maximum absolute atomic E-state index is 12.6. The van der Waals surface area contributed by atoms with Gasteiger partial charge in [-0.3, -0.25) is 4.79 Å². The molecule has 0 saturated carbocycles. The van der Waals surface area contributed by atoms with E-state index < -0.39 is 0 Å². The number of benzene rings is 1. The number of carbonyl (C=O) groups is 1. The van der Waals surface area contributed by atoms with Crippen molar-refractivity contribution in [3.8, 4) is 11.8 Å². The van der Waals surface area contributed by atoms with Gasteiger partial charge >= 0.3 is 0 Å². The number of hydrogen-bond acceptors (Lipinski definition) is 4. The summed E-state index contributed by atoms with van der Waals surface area (Å²) in [5.74, 6) is 5.27. The Balaban J connectivity index is 2.26. The second kappa shape index (κ2) is 7.23. The molecule has 1 amide bonds. The molecule has 2 N–H and O–H groups in total. The van der Waals surface area contributed by atoms with Crippen molar-refractivity contribution in [1.82, 2.24) is 4.90 Å². The third-order valence-corrected chi connectivity index (χ3v) is 3.34. The SMILES string of the molecule is Cc1ccc(C(=O)N2CCOC(CO)C2)c(C#CCO)c1. The predicted molar refractivity (Wildman–Crippen MR) is 77.9 cm³/mol. The van der Waals surface area contributed by atoms with Crippen LogP contribution in [0.25, 0.3) is 0 Å². The first-order chi connectivity index (χ1) is 10.2. The van der Waals surface area contributed by atoms with Crippen molar-refractivity contribution >= 4 is 5.91 Å². The molecule has 112 valence electrons. The molecule has 1 aromatic rings. The summed E-state index contributed by atoms with van der Waals surface area (Å²) >= 11 is 0. The molecule has 1 fully saturated rings. The van der Waals surface area contributed by atoms with E-state index >= 15 is 0 Å². The molecule has 0 bridgehead atoms. The molecule has 0 spiro atoms. The van der Waals surface area contributed by atoms with Gasteiger partial charge in [0.1, 0.15) is 6.61 Å². The Morgan fingerprint density at radius 2 is 2.29 bits per heavy atom. The molecule has 1 saturated heterocycles. The second-order valence-electron chi connectivity index (χ2n) is 4.94. The molecule has 1 aromatic carbocycles. The van der Waals surface area contributed by atoms with Gasteiger partial charge in [0.15, 0.2) is 0 Å². The number of hydrogen-bond donors (Lipinski definition) is 2. The molecule has 0 radical (unpaired) electrons. The summed E-state index contributed by atoms with van der Waals surface area (Å²) in [6.45, 7) is 2.86. The fourth-order valence-electron chi connectivity index (χ4n) is 2.27. The van der Waals surface area contributed by atoms with Gasteiger partial charge in [-0.1, -0.05) is 17.9 Å². The van der Waals surface area contributed by atoms with E-state index in [0.717, 1.165) is 5.56 Å². The maximum Gasteiger partial charge on any atom is 0.255 e. The molecular weight excluding hydrogens is 270 g/mol. The van der Waals surface area contributed by atoms with Crippen LogP contribution >= 0.6 is 0 Å². The molecule has 1 atom stereocenters. The number of nitrogens with zero attached hydrogens (tertiary/aromatic N) is 1. The lowest BCUT2D eigenvalue weighted by Crippen LogP contribution is -2.47. The van der Waals surface area contributed by atoms with Crippen LogP contribution < -0.4 is 0 Å². The van der Waals surface area contributed by atoms with Gasteiger partial charge in [0.25, 0.3) is 5.91 Å². The molecule has 1 aliphatic rings. The Bertz CT molecular complexity index is 573. The molecule has 1 aliphatic heterocycles. The predicted octanol–water partition coefficient (Wildman–Crippen LogP) is 0.172. The van der Waals surface area contributed by atoms with Crippen LogP contribution in [-0.4, -0.2) is 60.0 Å². The third kappa shape index (κ3) is 3.82. The highest BCUT2D eigenvalue weighted by atomic mass is 16.5. The van der Waals surface area contributed by atoms with Crippen molar-refractivity contribution < 1.29 is 19.7 Å². The van der Waals surface area contributed by atoms with E-state index in [1.165, 1.54) is 0 Å². The molecule has 5 nitrogen and oxygen atoms in total.